The SMILES string of the molecule is O=S(=O)(Cl)CCCCCCCCBr. The van der Waals surface area contributed by atoms with E-state index in [2.05, 4.69) is 15.9 Å². The molecule has 0 heterocycles. The zero-order valence-electron chi connectivity index (χ0n) is 7.64. The quantitative estimate of drug-likeness (QED) is 0.391. The molecule has 0 fully saturated rings. The summed E-state index contributed by atoms with van der Waals surface area (Å²) in [6, 6.07) is 0. The first-order valence-electron chi connectivity index (χ1n) is 4.54. The monoisotopic (exact) mass is 290 g/mol. The maximum Gasteiger partial charge on any atom is 0.232 e. The van der Waals surface area contributed by atoms with Crippen LogP contribution in [0.1, 0.15) is 38.5 Å². The molecule has 2 nitrogen and oxygen atoms in total. The Morgan fingerprint density at radius 1 is 0.923 bits per heavy atom. The second kappa shape index (κ2) is 8.06. The lowest BCUT2D eigenvalue weighted by Crippen LogP contribution is -1.96. The molecule has 13 heavy (non-hydrogen) atoms. The summed E-state index contributed by atoms with van der Waals surface area (Å²) in [5.41, 5.74) is 0. The molecule has 0 radical (unpaired) electrons. The summed E-state index contributed by atoms with van der Waals surface area (Å²) in [4.78, 5) is 0. The Morgan fingerprint density at radius 2 is 1.38 bits per heavy atom. The van der Waals surface area contributed by atoms with Crippen molar-refractivity contribution in [1.82, 2.24) is 0 Å². The normalized spacial score (nSPS) is 11.8. The van der Waals surface area contributed by atoms with E-state index >= 15 is 0 Å². The molecule has 0 bridgehead atoms. The average molecular weight is 292 g/mol. The van der Waals surface area contributed by atoms with E-state index in [4.69, 9.17) is 10.7 Å². The highest BCUT2D eigenvalue weighted by molar-refractivity contribution is 9.09. The topological polar surface area (TPSA) is 34.1 Å². The van der Waals surface area contributed by atoms with Gasteiger partial charge in [0.15, 0.2) is 0 Å². The summed E-state index contributed by atoms with van der Waals surface area (Å²) in [6.45, 7) is 0. The molecular weight excluding hydrogens is 276 g/mol. The number of hydrogen-bond donors (Lipinski definition) is 0. The van der Waals surface area contributed by atoms with Crippen molar-refractivity contribution in [1.29, 1.82) is 0 Å². The van der Waals surface area contributed by atoms with Crippen LogP contribution in [0.15, 0.2) is 0 Å². The van der Waals surface area contributed by atoms with E-state index in [9.17, 15) is 8.42 Å². The van der Waals surface area contributed by atoms with Crippen molar-refractivity contribution >= 4 is 35.7 Å². The Kier molecular flexibility index (Phi) is 8.51. The van der Waals surface area contributed by atoms with Gasteiger partial charge in [0, 0.05) is 16.0 Å². The highest BCUT2D eigenvalue weighted by atomic mass is 79.9. The summed E-state index contributed by atoms with van der Waals surface area (Å²) in [6.07, 6.45) is 6.38. The fourth-order valence-corrected chi connectivity index (χ4v) is 2.35. The van der Waals surface area contributed by atoms with Crippen molar-refractivity contribution in [3.63, 3.8) is 0 Å². The van der Waals surface area contributed by atoms with Crippen molar-refractivity contribution in [2.45, 2.75) is 38.5 Å². The summed E-state index contributed by atoms with van der Waals surface area (Å²) >= 11 is 3.36. The molecule has 0 spiro atoms. The number of rotatable bonds is 8. The van der Waals surface area contributed by atoms with Gasteiger partial charge in [-0.15, -0.1) is 0 Å². The Bertz CT molecular complexity index is 204. The molecule has 0 unspecified atom stereocenters. The van der Waals surface area contributed by atoms with Crippen LogP contribution in [0.2, 0.25) is 0 Å². The van der Waals surface area contributed by atoms with Gasteiger partial charge in [-0.2, -0.15) is 0 Å². The molecule has 80 valence electrons. The van der Waals surface area contributed by atoms with Gasteiger partial charge in [0.25, 0.3) is 0 Å². The molecule has 0 atom stereocenters. The third-order valence-corrected chi connectivity index (χ3v) is 3.57. The van der Waals surface area contributed by atoms with E-state index in [1.54, 1.807) is 0 Å². The van der Waals surface area contributed by atoms with Gasteiger partial charge in [0.05, 0.1) is 5.75 Å². The van der Waals surface area contributed by atoms with Crippen LogP contribution in [0.4, 0.5) is 0 Å². The first-order valence-corrected chi connectivity index (χ1v) is 8.14. The van der Waals surface area contributed by atoms with Gasteiger partial charge in [-0.1, -0.05) is 41.6 Å². The zero-order chi connectivity index (χ0) is 10.2. The first-order chi connectivity index (χ1) is 6.06. The minimum absolute atomic E-state index is 0.118. The van der Waals surface area contributed by atoms with Gasteiger partial charge in [-0.25, -0.2) is 8.42 Å². The Labute approximate surface area is 93.6 Å². The van der Waals surface area contributed by atoms with E-state index in [-0.39, 0.29) is 5.75 Å². The van der Waals surface area contributed by atoms with Crippen LogP contribution in [-0.4, -0.2) is 19.5 Å². The molecule has 0 aromatic carbocycles. The Balaban J connectivity index is 3.09. The molecule has 0 saturated heterocycles. The molecule has 0 aliphatic rings. The van der Waals surface area contributed by atoms with Crippen molar-refractivity contribution < 1.29 is 8.42 Å². The molecule has 0 saturated carbocycles. The largest absolute Gasteiger partial charge is 0.232 e. The number of halogens is 2. The van der Waals surface area contributed by atoms with E-state index < -0.39 is 9.05 Å². The van der Waals surface area contributed by atoms with E-state index in [1.807, 2.05) is 0 Å². The van der Waals surface area contributed by atoms with Gasteiger partial charge in [-0.3, -0.25) is 0 Å². The highest BCUT2D eigenvalue weighted by Crippen LogP contribution is 2.08. The highest BCUT2D eigenvalue weighted by Gasteiger charge is 2.03. The van der Waals surface area contributed by atoms with Gasteiger partial charge in [0.2, 0.25) is 9.05 Å². The first kappa shape index (κ1) is 13.7. The minimum atomic E-state index is -3.26. The smallest absolute Gasteiger partial charge is 0.212 e. The van der Waals surface area contributed by atoms with Gasteiger partial charge in [-0.05, 0) is 12.8 Å². The Morgan fingerprint density at radius 3 is 1.85 bits per heavy atom. The van der Waals surface area contributed by atoms with Crippen LogP contribution in [0.5, 0.6) is 0 Å². The fourth-order valence-electron chi connectivity index (χ4n) is 1.08. The second-order valence-electron chi connectivity index (χ2n) is 3.05. The second-order valence-corrected chi connectivity index (χ2v) is 6.74. The van der Waals surface area contributed by atoms with Crippen LogP contribution in [0.25, 0.3) is 0 Å². The van der Waals surface area contributed by atoms with E-state index in [0.717, 1.165) is 18.2 Å². The van der Waals surface area contributed by atoms with Crippen LogP contribution in [0.3, 0.4) is 0 Å². The van der Waals surface area contributed by atoms with Crippen molar-refractivity contribution in [2.24, 2.45) is 0 Å². The summed E-state index contributed by atoms with van der Waals surface area (Å²) in [5, 5.41) is 1.06. The molecule has 0 amide bonds. The number of hydrogen-bond acceptors (Lipinski definition) is 2. The molecule has 5 heteroatoms. The lowest BCUT2D eigenvalue weighted by atomic mass is 10.1. The van der Waals surface area contributed by atoms with Crippen molar-refractivity contribution in [2.75, 3.05) is 11.1 Å². The molecule has 0 N–H and O–H groups in total. The minimum Gasteiger partial charge on any atom is -0.212 e. The Hall–Kier alpha value is 0.720. The van der Waals surface area contributed by atoms with Crippen LogP contribution in [0, 0.1) is 0 Å². The third-order valence-electron chi connectivity index (χ3n) is 1.77. The van der Waals surface area contributed by atoms with Crippen molar-refractivity contribution in [3.8, 4) is 0 Å². The van der Waals surface area contributed by atoms with E-state index in [1.165, 1.54) is 19.3 Å². The van der Waals surface area contributed by atoms with Gasteiger partial charge >= 0.3 is 0 Å². The lowest BCUT2D eigenvalue weighted by molar-refractivity contribution is 0.595. The van der Waals surface area contributed by atoms with Crippen LogP contribution < -0.4 is 0 Å². The summed E-state index contributed by atoms with van der Waals surface area (Å²) < 4.78 is 21.1. The maximum atomic E-state index is 10.5. The number of unbranched alkanes of at least 4 members (excludes halogenated alkanes) is 5. The predicted molar refractivity (Wildman–Crippen MR) is 61.1 cm³/mol. The van der Waals surface area contributed by atoms with Crippen molar-refractivity contribution in [3.05, 3.63) is 0 Å². The predicted octanol–water partition coefficient (Wildman–Crippen LogP) is 3.29. The summed E-state index contributed by atoms with van der Waals surface area (Å²) in [7, 11) is 1.80. The van der Waals surface area contributed by atoms with Gasteiger partial charge < -0.3 is 0 Å². The lowest BCUT2D eigenvalue weighted by Gasteiger charge is -1.98. The molecule has 0 aliphatic heterocycles. The summed E-state index contributed by atoms with van der Waals surface area (Å²) in [5.74, 6) is 0.118. The molecule has 0 aromatic heterocycles. The zero-order valence-corrected chi connectivity index (χ0v) is 10.8. The molecular formula is C8H16BrClO2S. The van der Waals surface area contributed by atoms with Crippen LogP contribution >= 0.6 is 26.6 Å². The standard InChI is InChI=1S/C8H16BrClO2S/c9-7-5-3-1-2-4-6-8-13(10,11)12/h1-8H2. The molecule has 0 rings (SSSR count). The average Bonchev–Trinajstić information content (AvgIpc) is 2.01. The molecule has 0 aliphatic carbocycles. The molecule has 0 aromatic rings. The van der Waals surface area contributed by atoms with Gasteiger partial charge in [0.1, 0.15) is 0 Å². The maximum absolute atomic E-state index is 10.5. The fraction of sp³-hybridized carbons (Fsp3) is 1.00. The van der Waals surface area contributed by atoms with Crippen LogP contribution in [-0.2, 0) is 9.05 Å². The number of alkyl halides is 1. The third kappa shape index (κ3) is 12.7. The van der Waals surface area contributed by atoms with E-state index in [0.29, 0.717) is 6.42 Å².